The van der Waals surface area contributed by atoms with Crippen molar-refractivity contribution in [1.82, 2.24) is 20.2 Å². The molecule has 1 unspecified atom stereocenters. The number of ether oxygens (including phenoxy) is 2. The molecule has 0 saturated carbocycles. The number of aromatic nitrogens is 2. The Morgan fingerprint density at radius 3 is 2.83 bits per heavy atom. The number of rotatable bonds is 3. The molecule has 2 saturated heterocycles. The number of fused-ring (bicyclic) bond motifs is 1. The lowest BCUT2D eigenvalue weighted by Gasteiger charge is -2.43. The number of morpholine rings is 1. The first-order valence-electron chi connectivity index (χ1n) is 10.2. The van der Waals surface area contributed by atoms with Gasteiger partial charge in [-0.3, -0.25) is 4.90 Å². The molecule has 4 heterocycles. The maximum atomic E-state index is 12.8. The fourth-order valence-electron chi connectivity index (χ4n) is 3.77. The average Bonchev–Trinajstić information content (AvgIpc) is 3.09. The number of alkyl halides is 1. The van der Waals surface area contributed by atoms with E-state index in [9.17, 15) is 4.79 Å². The molecule has 1 amide bonds. The van der Waals surface area contributed by atoms with Crippen LogP contribution in [0, 0.1) is 0 Å². The molecule has 4 rings (SSSR count). The Morgan fingerprint density at radius 1 is 1.33 bits per heavy atom. The van der Waals surface area contributed by atoms with Crippen molar-refractivity contribution >= 4 is 45.1 Å². The number of nitrogens with zero attached hydrogens (tertiary/aromatic N) is 4. The Labute approximate surface area is 185 Å². The number of anilines is 1. The van der Waals surface area contributed by atoms with Gasteiger partial charge in [0.05, 0.1) is 18.6 Å². The first-order chi connectivity index (χ1) is 14.3. The van der Waals surface area contributed by atoms with Crippen molar-refractivity contribution in [2.24, 2.45) is 0 Å². The predicted molar refractivity (Wildman–Crippen MR) is 119 cm³/mol. The van der Waals surface area contributed by atoms with Gasteiger partial charge in [0.2, 0.25) is 0 Å². The van der Waals surface area contributed by atoms with Crippen molar-refractivity contribution in [3.05, 3.63) is 17.3 Å². The standard InChI is InChI=1S/C20H28ClN5O3S/c1-19(2,3)29-18(27)26-5-4-22-12-20(26,21)11-14-10-15-16(23-13-24-17(15)30-14)25-6-8-28-9-7-25/h10,13,22H,4-9,11-12H2,1-3H3. The summed E-state index contributed by atoms with van der Waals surface area (Å²) < 4.78 is 11.1. The van der Waals surface area contributed by atoms with E-state index in [0.717, 1.165) is 34.0 Å². The minimum Gasteiger partial charge on any atom is -0.444 e. The number of thiophene rings is 1. The van der Waals surface area contributed by atoms with Crippen molar-refractivity contribution < 1.29 is 14.3 Å². The lowest BCUT2D eigenvalue weighted by atomic mass is 10.1. The highest BCUT2D eigenvalue weighted by molar-refractivity contribution is 7.18. The first kappa shape index (κ1) is 21.5. The summed E-state index contributed by atoms with van der Waals surface area (Å²) in [5.74, 6) is 0.931. The lowest BCUT2D eigenvalue weighted by molar-refractivity contribution is 0.00594. The van der Waals surface area contributed by atoms with Crippen LogP contribution in [0.15, 0.2) is 12.4 Å². The van der Waals surface area contributed by atoms with Crippen LogP contribution in [-0.4, -0.2) is 77.5 Å². The normalized spacial score (nSPS) is 23.1. The molecule has 8 nitrogen and oxygen atoms in total. The van der Waals surface area contributed by atoms with Crippen LogP contribution >= 0.6 is 22.9 Å². The van der Waals surface area contributed by atoms with Gasteiger partial charge in [-0.2, -0.15) is 0 Å². The molecule has 0 aliphatic carbocycles. The SMILES string of the molecule is CC(C)(C)OC(=O)N1CCNCC1(Cl)Cc1cc2c(N3CCOCC3)ncnc2s1. The molecule has 164 valence electrons. The Hall–Kier alpha value is -1.68. The number of piperazine rings is 1. The van der Waals surface area contributed by atoms with E-state index in [-0.39, 0.29) is 6.09 Å². The minimum atomic E-state index is -0.895. The van der Waals surface area contributed by atoms with Gasteiger partial charge in [-0.05, 0) is 26.8 Å². The van der Waals surface area contributed by atoms with Gasteiger partial charge in [-0.25, -0.2) is 14.8 Å². The molecule has 10 heteroatoms. The van der Waals surface area contributed by atoms with Crippen LogP contribution in [0.4, 0.5) is 10.6 Å². The maximum Gasteiger partial charge on any atom is 0.411 e. The van der Waals surface area contributed by atoms with Crippen LogP contribution in [0.25, 0.3) is 10.2 Å². The molecular weight excluding hydrogens is 426 g/mol. The molecule has 0 aromatic carbocycles. The number of amides is 1. The molecule has 1 N–H and O–H groups in total. The highest BCUT2D eigenvalue weighted by Gasteiger charge is 2.42. The summed E-state index contributed by atoms with van der Waals surface area (Å²) in [6, 6.07) is 2.11. The van der Waals surface area contributed by atoms with Gasteiger partial charge in [0, 0.05) is 44.0 Å². The summed E-state index contributed by atoms with van der Waals surface area (Å²) in [6.45, 7) is 10.3. The first-order valence-corrected chi connectivity index (χ1v) is 11.4. The van der Waals surface area contributed by atoms with E-state index in [1.807, 2.05) is 20.8 Å². The second-order valence-corrected chi connectivity index (χ2v) is 10.5. The lowest BCUT2D eigenvalue weighted by Crippen LogP contribution is -2.61. The van der Waals surface area contributed by atoms with E-state index >= 15 is 0 Å². The summed E-state index contributed by atoms with van der Waals surface area (Å²) in [6.07, 6.45) is 1.73. The topological polar surface area (TPSA) is 79.8 Å². The number of nitrogens with one attached hydrogen (secondary N) is 1. The molecule has 0 spiro atoms. The zero-order valence-electron chi connectivity index (χ0n) is 17.6. The molecule has 2 aliphatic rings. The van der Waals surface area contributed by atoms with Crippen molar-refractivity contribution in [2.45, 2.75) is 37.8 Å². The van der Waals surface area contributed by atoms with Crippen LogP contribution in [0.5, 0.6) is 0 Å². The molecule has 1 atom stereocenters. The Balaban J connectivity index is 1.59. The van der Waals surface area contributed by atoms with Crippen molar-refractivity contribution in [3.63, 3.8) is 0 Å². The molecule has 2 aromatic heterocycles. The number of carbonyl (C=O) groups is 1. The monoisotopic (exact) mass is 453 g/mol. The maximum absolute atomic E-state index is 12.8. The molecular formula is C20H28ClN5O3S. The van der Waals surface area contributed by atoms with Gasteiger partial charge < -0.3 is 19.7 Å². The third-order valence-electron chi connectivity index (χ3n) is 5.12. The van der Waals surface area contributed by atoms with Gasteiger partial charge in [-0.1, -0.05) is 11.6 Å². The van der Waals surface area contributed by atoms with Crippen LogP contribution in [0.1, 0.15) is 25.6 Å². The van der Waals surface area contributed by atoms with E-state index in [2.05, 4.69) is 26.3 Å². The third kappa shape index (κ3) is 4.64. The summed E-state index contributed by atoms with van der Waals surface area (Å²) in [4.78, 5) is 26.8. The molecule has 0 bridgehead atoms. The summed E-state index contributed by atoms with van der Waals surface area (Å²) in [7, 11) is 0. The van der Waals surface area contributed by atoms with Crippen LogP contribution < -0.4 is 10.2 Å². The van der Waals surface area contributed by atoms with E-state index in [0.29, 0.717) is 39.3 Å². The Kier molecular flexibility index (Phi) is 6.07. The van der Waals surface area contributed by atoms with E-state index in [4.69, 9.17) is 21.1 Å². The molecule has 30 heavy (non-hydrogen) atoms. The average molecular weight is 454 g/mol. The quantitative estimate of drug-likeness (QED) is 0.565. The van der Waals surface area contributed by atoms with E-state index < -0.39 is 10.6 Å². The van der Waals surface area contributed by atoms with Crippen LogP contribution in [-0.2, 0) is 15.9 Å². The molecule has 2 fully saturated rings. The minimum absolute atomic E-state index is 0.381. The molecule has 2 aromatic rings. The highest BCUT2D eigenvalue weighted by atomic mass is 35.5. The second kappa shape index (κ2) is 8.45. The summed E-state index contributed by atoms with van der Waals surface area (Å²) in [5.41, 5.74) is -0.569. The van der Waals surface area contributed by atoms with E-state index in [1.165, 1.54) is 0 Å². The second-order valence-electron chi connectivity index (χ2n) is 8.63. The number of halogens is 1. The van der Waals surface area contributed by atoms with Gasteiger partial charge in [0.1, 0.15) is 27.6 Å². The third-order valence-corrected chi connectivity index (χ3v) is 6.64. The fraction of sp³-hybridized carbons (Fsp3) is 0.650. The summed E-state index contributed by atoms with van der Waals surface area (Å²) >= 11 is 8.62. The van der Waals surface area contributed by atoms with Gasteiger partial charge in [-0.15, -0.1) is 11.3 Å². The van der Waals surface area contributed by atoms with Gasteiger partial charge in [0.15, 0.2) is 0 Å². The Bertz CT molecular complexity index is 911. The van der Waals surface area contributed by atoms with Gasteiger partial charge in [0.25, 0.3) is 0 Å². The zero-order chi connectivity index (χ0) is 21.4. The van der Waals surface area contributed by atoms with Crippen LogP contribution in [0.2, 0.25) is 0 Å². The number of hydrogen-bond acceptors (Lipinski definition) is 8. The zero-order valence-corrected chi connectivity index (χ0v) is 19.2. The highest BCUT2D eigenvalue weighted by Crippen LogP contribution is 2.36. The number of hydrogen-bond donors (Lipinski definition) is 1. The smallest absolute Gasteiger partial charge is 0.411 e. The summed E-state index contributed by atoms with van der Waals surface area (Å²) in [5, 5.41) is 4.33. The van der Waals surface area contributed by atoms with Crippen molar-refractivity contribution in [1.29, 1.82) is 0 Å². The van der Waals surface area contributed by atoms with E-state index in [1.54, 1.807) is 22.6 Å². The van der Waals surface area contributed by atoms with Crippen molar-refractivity contribution in [3.8, 4) is 0 Å². The molecule has 0 radical (unpaired) electrons. The fourth-order valence-corrected chi connectivity index (χ4v) is 5.34. The largest absolute Gasteiger partial charge is 0.444 e. The number of carbonyl (C=O) groups excluding carboxylic acids is 1. The Morgan fingerprint density at radius 2 is 2.10 bits per heavy atom. The van der Waals surface area contributed by atoms with Crippen LogP contribution in [0.3, 0.4) is 0 Å². The van der Waals surface area contributed by atoms with Gasteiger partial charge >= 0.3 is 6.09 Å². The predicted octanol–water partition coefficient (Wildman–Crippen LogP) is 2.85. The molecule has 2 aliphatic heterocycles. The van der Waals surface area contributed by atoms with Crippen molar-refractivity contribution in [2.75, 3.05) is 50.8 Å².